The molecule has 0 aliphatic heterocycles. The molecular weight excluding hydrogens is 266 g/mol. The molecule has 0 aromatic heterocycles. The summed E-state index contributed by atoms with van der Waals surface area (Å²) in [6, 6.07) is 8.67. The van der Waals surface area contributed by atoms with Gasteiger partial charge in [-0.05, 0) is 24.5 Å². The Labute approximate surface area is 126 Å². The fraction of sp³-hybridized carbons (Fsp3) is 0.412. The van der Waals surface area contributed by atoms with Gasteiger partial charge in [-0.25, -0.2) is 4.79 Å². The Hall–Kier alpha value is -2.10. The lowest BCUT2D eigenvalue weighted by atomic mass is 10.1. The van der Waals surface area contributed by atoms with E-state index >= 15 is 0 Å². The summed E-state index contributed by atoms with van der Waals surface area (Å²) in [6.07, 6.45) is 3.71. The van der Waals surface area contributed by atoms with E-state index in [1.54, 1.807) is 30.3 Å². The quantitative estimate of drug-likeness (QED) is 0.569. The summed E-state index contributed by atoms with van der Waals surface area (Å²) >= 11 is 0. The van der Waals surface area contributed by atoms with Gasteiger partial charge < -0.3 is 4.84 Å². The zero-order chi connectivity index (χ0) is 15.7. The predicted molar refractivity (Wildman–Crippen MR) is 82.5 cm³/mol. The van der Waals surface area contributed by atoms with E-state index in [1.807, 2.05) is 19.9 Å². The Kier molecular flexibility index (Phi) is 7.23. The van der Waals surface area contributed by atoms with E-state index in [1.165, 1.54) is 5.06 Å². The zero-order valence-electron chi connectivity index (χ0n) is 12.7. The number of allylic oxidation sites excluding steroid dienone is 1. The molecule has 4 nitrogen and oxygen atoms in total. The Morgan fingerprint density at radius 3 is 2.57 bits per heavy atom. The van der Waals surface area contributed by atoms with Gasteiger partial charge in [0, 0.05) is 6.42 Å². The highest BCUT2D eigenvalue weighted by molar-refractivity contribution is 5.90. The van der Waals surface area contributed by atoms with Gasteiger partial charge in [0.05, 0.1) is 12.1 Å². The Morgan fingerprint density at radius 2 is 2.00 bits per heavy atom. The molecule has 0 N–H and O–H groups in total. The lowest BCUT2D eigenvalue weighted by Gasteiger charge is -2.22. The molecule has 1 atom stereocenters. The first kappa shape index (κ1) is 17.0. The van der Waals surface area contributed by atoms with Crippen LogP contribution in [-0.2, 0) is 9.63 Å². The second-order valence-electron chi connectivity index (χ2n) is 5.01. The molecule has 0 bridgehead atoms. The van der Waals surface area contributed by atoms with Crippen molar-refractivity contribution in [1.82, 2.24) is 5.06 Å². The number of unbranched alkanes of at least 4 members (excludes halogenated alkanes) is 1. The molecule has 0 radical (unpaired) electrons. The van der Waals surface area contributed by atoms with Crippen LogP contribution in [0.15, 0.2) is 43.0 Å². The summed E-state index contributed by atoms with van der Waals surface area (Å²) in [4.78, 5) is 29.5. The highest BCUT2D eigenvalue weighted by atomic mass is 16.7. The number of hydrogen-bond donors (Lipinski definition) is 0. The fourth-order valence-electron chi connectivity index (χ4n) is 1.71. The van der Waals surface area contributed by atoms with Crippen molar-refractivity contribution in [1.29, 1.82) is 0 Å². The standard InChI is InChI=1S/C17H23NO3/c1-4-6-12-18(16(19)13-14(3)5-2)21-17(20)15-10-8-7-9-11-15/h5,7-11,14H,2,4,6,12-13H2,1,3H3. The Morgan fingerprint density at radius 1 is 1.33 bits per heavy atom. The minimum atomic E-state index is -0.508. The maximum Gasteiger partial charge on any atom is 0.363 e. The Balaban J connectivity index is 2.71. The number of hydroxylamine groups is 2. The highest BCUT2D eigenvalue weighted by Crippen LogP contribution is 2.10. The van der Waals surface area contributed by atoms with Crippen LogP contribution in [0, 0.1) is 5.92 Å². The van der Waals surface area contributed by atoms with Gasteiger partial charge in [-0.2, -0.15) is 5.06 Å². The minimum Gasteiger partial charge on any atom is -0.333 e. The molecule has 1 aromatic carbocycles. The molecular formula is C17H23NO3. The second kappa shape index (κ2) is 8.95. The molecule has 1 aromatic rings. The van der Waals surface area contributed by atoms with Crippen LogP contribution in [0.4, 0.5) is 0 Å². The van der Waals surface area contributed by atoms with E-state index in [4.69, 9.17) is 4.84 Å². The number of carbonyl (C=O) groups excluding carboxylic acids is 2. The molecule has 0 aliphatic rings. The van der Waals surface area contributed by atoms with Gasteiger partial charge in [0.25, 0.3) is 5.91 Å². The van der Waals surface area contributed by atoms with Crippen molar-refractivity contribution in [2.75, 3.05) is 6.54 Å². The average molecular weight is 289 g/mol. The monoisotopic (exact) mass is 289 g/mol. The fourth-order valence-corrected chi connectivity index (χ4v) is 1.71. The summed E-state index contributed by atoms with van der Waals surface area (Å²) in [6.45, 7) is 8.01. The smallest absolute Gasteiger partial charge is 0.333 e. The van der Waals surface area contributed by atoms with Gasteiger partial charge in [-0.1, -0.05) is 44.5 Å². The molecule has 0 saturated heterocycles. The van der Waals surface area contributed by atoms with Crippen LogP contribution in [0.2, 0.25) is 0 Å². The molecule has 0 heterocycles. The molecule has 0 spiro atoms. The van der Waals surface area contributed by atoms with Gasteiger partial charge >= 0.3 is 5.97 Å². The van der Waals surface area contributed by atoms with Gasteiger partial charge in [-0.3, -0.25) is 4.79 Å². The topological polar surface area (TPSA) is 46.6 Å². The molecule has 1 unspecified atom stereocenters. The van der Waals surface area contributed by atoms with E-state index < -0.39 is 5.97 Å². The van der Waals surface area contributed by atoms with Crippen LogP contribution >= 0.6 is 0 Å². The summed E-state index contributed by atoms with van der Waals surface area (Å²) < 4.78 is 0. The largest absolute Gasteiger partial charge is 0.363 e. The Bertz CT molecular complexity index is 470. The summed E-state index contributed by atoms with van der Waals surface area (Å²) in [7, 11) is 0. The van der Waals surface area contributed by atoms with Crippen LogP contribution in [0.25, 0.3) is 0 Å². The van der Waals surface area contributed by atoms with Crippen LogP contribution < -0.4 is 0 Å². The normalized spacial score (nSPS) is 11.5. The number of amides is 1. The van der Waals surface area contributed by atoms with Crippen molar-refractivity contribution in [3.8, 4) is 0 Å². The third kappa shape index (κ3) is 5.81. The van der Waals surface area contributed by atoms with E-state index in [9.17, 15) is 9.59 Å². The first-order chi connectivity index (χ1) is 10.1. The van der Waals surface area contributed by atoms with E-state index in [0.29, 0.717) is 12.1 Å². The van der Waals surface area contributed by atoms with E-state index in [-0.39, 0.29) is 18.2 Å². The maximum absolute atomic E-state index is 12.2. The molecule has 0 fully saturated rings. The van der Waals surface area contributed by atoms with Crippen molar-refractivity contribution < 1.29 is 14.4 Å². The zero-order valence-corrected chi connectivity index (χ0v) is 12.7. The van der Waals surface area contributed by atoms with Crippen LogP contribution in [0.1, 0.15) is 43.5 Å². The van der Waals surface area contributed by atoms with Crippen molar-refractivity contribution >= 4 is 11.9 Å². The number of nitrogens with zero attached hydrogens (tertiary/aromatic N) is 1. The molecule has 0 saturated carbocycles. The van der Waals surface area contributed by atoms with Gasteiger partial charge in [-0.15, -0.1) is 6.58 Å². The summed E-state index contributed by atoms with van der Waals surface area (Å²) in [5.41, 5.74) is 0.434. The lowest BCUT2D eigenvalue weighted by Crippen LogP contribution is -2.35. The lowest BCUT2D eigenvalue weighted by molar-refractivity contribution is -0.168. The van der Waals surface area contributed by atoms with Gasteiger partial charge in [0.15, 0.2) is 0 Å². The third-order valence-corrected chi connectivity index (χ3v) is 3.09. The van der Waals surface area contributed by atoms with Crippen LogP contribution in [0.5, 0.6) is 0 Å². The molecule has 114 valence electrons. The molecule has 1 rings (SSSR count). The highest BCUT2D eigenvalue weighted by Gasteiger charge is 2.20. The van der Waals surface area contributed by atoms with E-state index in [0.717, 1.165) is 12.8 Å². The van der Waals surface area contributed by atoms with Crippen molar-refractivity contribution in [2.45, 2.75) is 33.1 Å². The van der Waals surface area contributed by atoms with Crippen LogP contribution in [0.3, 0.4) is 0 Å². The second-order valence-corrected chi connectivity index (χ2v) is 5.01. The van der Waals surface area contributed by atoms with Crippen molar-refractivity contribution in [2.24, 2.45) is 5.92 Å². The third-order valence-electron chi connectivity index (χ3n) is 3.09. The summed E-state index contributed by atoms with van der Waals surface area (Å²) in [5.74, 6) is -0.650. The number of benzene rings is 1. The molecule has 0 aliphatic carbocycles. The van der Waals surface area contributed by atoms with Gasteiger partial charge in [0.2, 0.25) is 0 Å². The maximum atomic E-state index is 12.2. The van der Waals surface area contributed by atoms with Crippen molar-refractivity contribution in [3.05, 3.63) is 48.6 Å². The van der Waals surface area contributed by atoms with Crippen molar-refractivity contribution in [3.63, 3.8) is 0 Å². The first-order valence-corrected chi connectivity index (χ1v) is 7.28. The molecule has 4 heteroatoms. The SMILES string of the molecule is C=CC(C)CC(=O)N(CCCC)OC(=O)c1ccccc1. The first-order valence-electron chi connectivity index (χ1n) is 7.28. The van der Waals surface area contributed by atoms with Crippen LogP contribution in [-0.4, -0.2) is 23.5 Å². The molecule has 1 amide bonds. The number of rotatable bonds is 7. The number of hydrogen-bond acceptors (Lipinski definition) is 3. The average Bonchev–Trinajstić information content (AvgIpc) is 2.51. The predicted octanol–water partition coefficient (Wildman–Crippen LogP) is 3.60. The number of carbonyl (C=O) groups is 2. The summed E-state index contributed by atoms with van der Waals surface area (Å²) in [5, 5.41) is 1.18. The molecule has 21 heavy (non-hydrogen) atoms. The van der Waals surface area contributed by atoms with E-state index in [2.05, 4.69) is 6.58 Å². The minimum absolute atomic E-state index is 0.0528. The van der Waals surface area contributed by atoms with Gasteiger partial charge in [0.1, 0.15) is 0 Å².